The minimum Gasteiger partial charge on any atom is -0.309 e. The molecule has 26 heavy (non-hydrogen) atoms. The van der Waals surface area contributed by atoms with Gasteiger partial charge in [-0.1, -0.05) is 74.2 Å². The fraction of sp³-hybridized carbons (Fsp3) is 0.450. The van der Waals surface area contributed by atoms with Crippen molar-refractivity contribution in [3.8, 4) is 10.6 Å². The van der Waals surface area contributed by atoms with E-state index in [0.717, 1.165) is 39.8 Å². The molecule has 1 aliphatic carbocycles. The highest BCUT2D eigenvalue weighted by Crippen LogP contribution is 2.29. The number of thioether (sulfide) groups is 1. The standard InChI is InChI=1S/C20H24N4S2/c1-24-18(12-15-8-4-2-5-9-15)22-23-20(24)26-14-17-13-25-19(21-17)16-10-6-3-7-11-16/h3,6-7,10-11,13,15H,2,4-5,8-9,12,14H2,1H3. The van der Waals surface area contributed by atoms with Crippen molar-refractivity contribution < 1.29 is 0 Å². The predicted octanol–water partition coefficient (Wildman–Crippen LogP) is 5.35. The second kappa shape index (κ2) is 8.35. The van der Waals surface area contributed by atoms with Gasteiger partial charge in [0.05, 0.1) is 5.69 Å². The molecule has 136 valence electrons. The van der Waals surface area contributed by atoms with E-state index < -0.39 is 0 Å². The lowest BCUT2D eigenvalue weighted by Gasteiger charge is -2.20. The highest BCUT2D eigenvalue weighted by Gasteiger charge is 2.18. The molecule has 2 aromatic heterocycles. The van der Waals surface area contributed by atoms with Crippen molar-refractivity contribution in [3.05, 3.63) is 47.2 Å². The van der Waals surface area contributed by atoms with Gasteiger partial charge in [0.25, 0.3) is 0 Å². The van der Waals surface area contributed by atoms with Crippen LogP contribution in [0.2, 0.25) is 0 Å². The van der Waals surface area contributed by atoms with Gasteiger partial charge in [0, 0.05) is 30.2 Å². The average Bonchev–Trinajstić information content (AvgIpc) is 3.29. The molecule has 1 aliphatic rings. The van der Waals surface area contributed by atoms with Gasteiger partial charge in [-0.2, -0.15) is 0 Å². The van der Waals surface area contributed by atoms with Gasteiger partial charge >= 0.3 is 0 Å². The Morgan fingerprint density at radius 2 is 1.92 bits per heavy atom. The Morgan fingerprint density at radius 1 is 1.12 bits per heavy atom. The van der Waals surface area contributed by atoms with Crippen molar-refractivity contribution in [3.63, 3.8) is 0 Å². The Bertz CT molecular complexity index is 835. The molecule has 0 unspecified atom stereocenters. The molecule has 0 N–H and O–H groups in total. The Labute approximate surface area is 163 Å². The summed E-state index contributed by atoms with van der Waals surface area (Å²) < 4.78 is 2.17. The molecule has 0 aliphatic heterocycles. The van der Waals surface area contributed by atoms with Crippen molar-refractivity contribution in [2.24, 2.45) is 13.0 Å². The van der Waals surface area contributed by atoms with Crippen LogP contribution in [0.4, 0.5) is 0 Å². The molecule has 0 saturated heterocycles. The summed E-state index contributed by atoms with van der Waals surface area (Å²) in [4.78, 5) is 4.77. The molecule has 6 heteroatoms. The van der Waals surface area contributed by atoms with Gasteiger partial charge < -0.3 is 4.57 Å². The number of hydrogen-bond acceptors (Lipinski definition) is 5. The van der Waals surface area contributed by atoms with Crippen molar-refractivity contribution in [2.75, 3.05) is 0 Å². The summed E-state index contributed by atoms with van der Waals surface area (Å²) in [6, 6.07) is 10.4. The molecule has 0 spiro atoms. The van der Waals surface area contributed by atoms with Crippen LogP contribution in [0.1, 0.15) is 43.6 Å². The second-order valence-electron chi connectivity index (χ2n) is 6.96. The number of benzene rings is 1. The first-order valence-corrected chi connectivity index (χ1v) is 11.2. The van der Waals surface area contributed by atoms with E-state index in [1.807, 2.05) is 6.07 Å². The van der Waals surface area contributed by atoms with Gasteiger partial charge in [0.1, 0.15) is 10.8 Å². The van der Waals surface area contributed by atoms with Crippen LogP contribution < -0.4 is 0 Å². The maximum absolute atomic E-state index is 4.77. The monoisotopic (exact) mass is 384 g/mol. The molecule has 0 amide bonds. The molecule has 0 bridgehead atoms. The topological polar surface area (TPSA) is 43.6 Å². The fourth-order valence-corrected chi connectivity index (χ4v) is 5.28. The third-order valence-electron chi connectivity index (χ3n) is 5.04. The van der Waals surface area contributed by atoms with Gasteiger partial charge in [-0.3, -0.25) is 0 Å². The van der Waals surface area contributed by atoms with E-state index in [2.05, 4.69) is 51.5 Å². The third kappa shape index (κ3) is 4.18. The summed E-state index contributed by atoms with van der Waals surface area (Å²) in [5, 5.41) is 13.1. The predicted molar refractivity (Wildman–Crippen MR) is 108 cm³/mol. The minimum absolute atomic E-state index is 0.788. The summed E-state index contributed by atoms with van der Waals surface area (Å²) in [6.07, 6.45) is 7.90. The second-order valence-corrected chi connectivity index (χ2v) is 8.77. The molecule has 1 fully saturated rings. The SMILES string of the molecule is Cn1c(CC2CCCCC2)nnc1SCc1csc(-c2ccccc2)n1. The normalized spacial score (nSPS) is 15.4. The highest BCUT2D eigenvalue weighted by molar-refractivity contribution is 7.98. The Balaban J connectivity index is 1.37. The zero-order chi connectivity index (χ0) is 17.8. The summed E-state index contributed by atoms with van der Waals surface area (Å²) in [7, 11) is 2.09. The smallest absolute Gasteiger partial charge is 0.191 e. The number of hydrogen-bond donors (Lipinski definition) is 0. The van der Waals surface area contributed by atoms with Gasteiger partial charge in [-0.05, 0) is 5.92 Å². The van der Waals surface area contributed by atoms with E-state index in [1.165, 1.54) is 37.7 Å². The first kappa shape index (κ1) is 17.7. The van der Waals surface area contributed by atoms with Crippen LogP contribution in [0.15, 0.2) is 40.9 Å². The lowest BCUT2D eigenvalue weighted by Crippen LogP contribution is -2.12. The van der Waals surface area contributed by atoms with Crippen LogP contribution in [0.25, 0.3) is 10.6 Å². The van der Waals surface area contributed by atoms with Crippen molar-refractivity contribution >= 4 is 23.1 Å². The highest BCUT2D eigenvalue weighted by atomic mass is 32.2. The number of nitrogens with zero attached hydrogens (tertiary/aromatic N) is 4. The van der Waals surface area contributed by atoms with Crippen molar-refractivity contribution in [1.29, 1.82) is 0 Å². The number of thiazole rings is 1. The van der Waals surface area contributed by atoms with Crippen LogP contribution in [-0.4, -0.2) is 19.7 Å². The molecule has 1 aromatic carbocycles. The molecular formula is C20H24N4S2. The zero-order valence-corrected chi connectivity index (χ0v) is 16.7. The molecule has 3 aromatic rings. The molecule has 4 nitrogen and oxygen atoms in total. The first-order chi connectivity index (χ1) is 12.8. The summed E-state index contributed by atoms with van der Waals surface area (Å²) >= 11 is 3.43. The van der Waals surface area contributed by atoms with Crippen LogP contribution in [-0.2, 0) is 19.2 Å². The first-order valence-electron chi connectivity index (χ1n) is 9.30. The maximum atomic E-state index is 4.77. The molecule has 0 atom stereocenters. The van der Waals surface area contributed by atoms with Crippen molar-refractivity contribution in [1.82, 2.24) is 19.7 Å². The van der Waals surface area contributed by atoms with E-state index in [9.17, 15) is 0 Å². The maximum Gasteiger partial charge on any atom is 0.191 e. The van der Waals surface area contributed by atoms with Crippen LogP contribution >= 0.6 is 23.1 Å². The third-order valence-corrected chi connectivity index (χ3v) is 7.04. The van der Waals surface area contributed by atoms with Gasteiger partial charge in [0.15, 0.2) is 5.16 Å². The molecular weight excluding hydrogens is 360 g/mol. The van der Waals surface area contributed by atoms with Crippen LogP contribution in [0, 0.1) is 5.92 Å². The summed E-state index contributed by atoms with van der Waals surface area (Å²) in [5.41, 5.74) is 2.29. The van der Waals surface area contributed by atoms with Gasteiger partial charge in [0.2, 0.25) is 0 Å². The Morgan fingerprint density at radius 3 is 2.73 bits per heavy atom. The Hall–Kier alpha value is -1.66. The van der Waals surface area contributed by atoms with E-state index in [-0.39, 0.29) is 0 Å². The summed E-state index contributed by atoms with van der Waals surface area (Å²) in [6.45, 7) is 0. The van der Waals surface area contributed by atoms with E-state index in [0.29, 0.717) is 0 Å². The van der Waals surface area contributed by atoms with Gasteiger partial charge in [-0.15, -0.1) is 21.5 Å². The van der Waals surface area contributed by atoms with Gasteiger partial charge in [-0.25, -0.2) is 4.98 Å². The van der Waals surface area contributed by atoms with Crippen molar-refractivity contribution in [2.45, 2.75) is 49.4 Å². The molecule has 2 heterocycles. The average molecular weight is 385 g/mol. The molecule has 1 saturated carbocycles. The van der Waals surface area contributed by atoms with E-state index in [1.54, 1.807) is 23.1 Å². The fourth-order valence-electron chi connectivity index (χ4n) is 3.52. The number of rotatable bonds is 6. The van der Waals surface area contributed by atoms with E-state index >= 15 is 0 Å². The lowest BCUT2D eigenvalue weighted by atomic mass is 9.87. The Kier molecular flexibility index (Phi) is 5.70. The minimum atomic E-state index is 0.788. The number of aromatic nitrogens is 4. The largest absolute Gasteiger partial charge is 0.309 e. The van der Waals surface area contributed by atoms with Crippen LogP contribution in [0.3, 0.4) is 0 Å². The molecule has 0 radical (unpaired) electrons. The molecule has 4 rings (SSSR count). The quantitative estimate of drug-likeness (QED) is 0.537. The zero-order valence-electron chi connectivity index (χ0n) is 15.1. The van der Waals surface area contributed by atoms with E-state index in [4.69, 9.17) is 4.98 Å². The lowest BCUT2D eigenvalue weighted by molar-refractivity contribution is 0.348. The summed E-state index contributed by atoms with van der Waals surface area (Å²) in [5.74, 6) is 2.75. The van der Waals surface area contributed by atoms with Crippen LogP contribution in [0.5, 0.6) is 0 Å².